The molecule has 14 heteroatoms. The summed E-state index contributed by atoms with van der Waals surface area (Å²) in [5, 5.41) is 21.0. The summed E-state index contributed by atoms with van der Waals surface area (Å²) in [7, 11) is 1.26. The van der Waals surface area contributed by atoms with Gasteiger partial charge in [0.25, 0.3) is 0 Å². The van der Waals surface area contributed by atoms with Crippen molar-refractivity contribution in [1.29, 1.82) is 0 Å². The Morgan fingerprint density at radius 2 is 2.06 bits per heavy atom. The van der Waals surface area contributed by atoms with Gasteiger partial charge in [-0.3, -0.25) is 19.3 Å². The van der Waals surface area contributed by atoms with Crippen LogP contribution in [0.5, 0.6) is 5.75 Å². The number of carbonyl (C=O) groups is 1. The average molecular weight is 476 g/mol. The number of aryl methyl sites for hydroxylation is 1. The van der Waals surface area contributed by atoms with Gasteiger partial charge < -0.3 is 10.1 Å². The molecule has 1 amide bonds. The number of nitrogens with one attached hydrogen (secondary N) is 1. The smallest absolute Gasteiger partial charge is 0.417 e. The summed E-state index contributed by atoms with van der Waals surface area (Å²) in [5.74, 6) is -0.761. The molecule has 31 heavy (non-hydrogen) atoms. The zero-order chi connectivity index (χ0) is 22.9. The van der Waals surface area contributed by atoms with Crippen LogP contribution in [0.2, 0.25) is 5.02 Å². The third-order valence-electron chi connectivity index (χ3n) is 4.08. The van der Waals surface area contributed by atoms with Gasteiger partial charge in [0.2, 0.25) is 5.91 Å². The molecule has 0 aliphatic rings. The molecule has 0 saturated carbocycles. The van der Waals surface area contributed by atoms with Crippen molar-refractivity contribution in [2.75, 3.05) is 18.2 Å². The lowest BCUT2D eigenvalue weighted by Crippen LogP contribution is -2.15. The number of benzene rings is 1. The Balaban J connectivity index is 1.78. The highest BCUT2D eigenvalue weighted by molar-refractivity contribution is 7.99. The van der Waals surface area contributed by atoms with Crippen molar-refractivity contribution in [1.82, 2.24) is 14.6 Å². The van der Waals surface area contributed by atoms with E-state index >= 15 is 0 Å². The first-order chi connectivity index (χ1) is 14.5. The summed E-state index contributed by atoms with van der Waals surface area (Å²) < 4.78 is 45.1. The zero-order valence-corrected chi connectivity index (χ0v) is 17.4. The molecule has 0 atom stereocenters. The van der Waals surface area contributed by atoms with Crippen molar-refractivity contribution in [2.45, 2.75) is 18.3 Å². The highest BCUT2D eigenvalue weighted by atomic mass is 35.5. The summed E-state index contributed by atoms with van der Waals surface area (Å²) in [6, 6.07) is 3.32. The molecule has 0 unspecified atom stereocenters. The number of amides is 1. The quantitative estimate of drug-likeness (QED) is 0.320. The Labute approximate surface area is 181 Å². The van der Waals surface area contributed by atoms with Gasteiger partial charge in [-0.05, 0) is 18.6 Å². The Bertz CT molecular complexity index is 1180. The van der Waals surface area contributed by atoms with E-state index in [1.165, 1.54) is 19.2 Å². The van der Waals surface area contributed by atoms with Gasteiger partial charge in [0.1, 0.15) is 0 Å². The summed E-state index contributed by atoms with van der Waals surface area (Å²) in [6.45, 7) is 1.57. The number of pyridine rings is 1. The van der Waals surface area contributed by atoms with Gasteiger partial charge in [0, 0.05) is 24.0 Å². The van der Waals surface area contributed by atoms with Crippen LogP contribution in [0.1, 0.15) is 11.1 Å². The van der Waals surface area contributed by atoms with E-state index < -0.39 is 22.6 Å². The van der Waals surface area contributed by atoms with Crippen LogP contribution in [-0.4, -0.2) is 38.3 Å². The second kappa shape index (κ2) is 8.59. The average Bonchev–Trinajstić information content (AvgIpc) is 3.10. The number of halogens is 4. The first kappa shape index (κ1) is 22.6. The van der Waals surface area contributed by atoms with E-state index in [2.05, 4.69) is 15.5 Å². The van der Waals surface area contributed by atoms with Gasteiger partial charge in [-0.1, -0.05) is 23.4 Å². The van der Waals surface area contributed by atoms with Crippen LogP contribution in [0.15, 0.2) is 29.6 Å². The molecule has 0 fully saturated rings. The molecule has 1 aromatic carbocycles. The number of nitro groups is 1. The number of alkyl halides is 3. The lowest BCUT2D eigenvalue weighted by atomic mass is 10.1. The van der Waals surface area contributed by atoms with Gasteiger partial charge >= 0.3 is 11.9 Å². The topological polar surface area (TPSA) is 112 Å². The van der Waals surface area contributed by atoms with E-state index in [1.54, 1.807) is 6.92 Å². The van der Waals surface area contributed by atoms with E-state index in [-0.39, 0.29) is 33.0 Å². The molecule has 0 bridgehead atoms. The minimum atomic E-state index is -4.62. The molecular weight excluding hydrogens is 463 g/mol. The Morgan fingerprint density at radius 3 is 2.68 bits per heavy atom. The number of nitro benzene ring substituents is 1. The largest absolute Gasteiger partial charge is 0.490 e. The molecule has 1 N–H and O–H groups in total. The Morgan fingerprint density at radius 1 is 1.35 bits per heavy atom. The first-order valence-corrected chi connectivity index (χ1v) is 9.74. The van der Waals surface area contributed by atoms with Crippen molar-refractivity contribution in [2.24, 2.45) is 0 Å². The first-order valence-electron chi connectivity index (χ1n) is 8.38. The molecule has 0 aliphatic heterocycles. The van der Waals surface area contributed by atoms with E-state index in [9.17, 15) is 28.1 Å². The predicted octanol–water partition coefficient (Wildman–Crippen LogP) is 4.36. The molecule has 0 radical (unpaired) electrons. The highest BCUT2D eigenvalue weighted by Gasteiger charge is 2.32. The number of nitrogens with zero attached hydrogens (tertiary/aromatic N) is 4. The number of carbonyl (C=O) groups excluding carboxylic acids is 1. The van der Waals surface area contributed by atoms with Gasteiger partial charge in [-0.2, -0.15) is 13.2 Å². The number of hydrogen-bond donors (Lipinski definition) is 1. The molecule has 2 aromatic heterocycles. The number of anilines is 1. The minimum Gasteiger partial charge on any atom is -0.490 e. The molecule has 3 aromatic rings. The van der Waals surface area contributed by atoms with Crippen molar-refractivity contribution in [3.8, 4) is 5.75 Å². The van der Waals surface area contributed by atoms with Crippen LogP contribution in [0, 0.1) is 17.0 Å². The van der Waals surface area contributed by atoms with Gasteiger partial charge in [-0.15, -0.1) is 10.2 Å². The molecular formula is C17H13ClF3N5O4S. The number of hydrogen-bond acceptors (Lipinski definition) is 7. The number of fused-ring (bicyclic) bond motifs is 1. The van der Waals surface area contributed by atoms with Crippen molar-refractivity contribution in [3.05, 3.63) is 50.7 Å². The van der Waals surface area contributed by atoms with E-state index in [1.807, 2.05) is 0 Å². The third kappa shape index (κ3) is 4.82. The Hall–Kier alpha value is -3.06. The van der Waals surface area contributed by atoms with E-state index in [4.69, 9.17) is 16.3 Å². The van der Waals surface area contributed by atoms with Crippen LogP contribution < -0.4 is 10.1 Å². The van der Waals surface area contributed by atoms with Crippen LogP contribution in [0.25, 0.3) is 5.65 Å². The monoisotopic (exact) mass is 475 g/mol. The zero-order valence-electron chi connectivity index (χ0n) is 15.9. The van der Waals surface area contributed by atoms with E-state index in [0.29, 0.717) is 11.3 Å². The second-order valence-electron chi connectivity index (χ2n) is 6.18. The number of methoxy groups -OCH3 is 1. The normalized spacial score (nSPS) is 11.5. The van der Waals surface area contributed by atoms with Crippen molar-refractivity contribution < 1.29 is 27.6 Å². The molecule has 0 saturated heterocycles. The SMILES string of the molecule is COc1cc(NC(=O)CSc2nnc3c(Cl)cc(C(F)(F)F)cn23)c(C)cc1[N+](=O)[O-]. The second-order valence-corrected chi connectivity index (χ2v) is 7.53. The molecule has 0 aliphatic carbocycles. The number of aromatic nitrogens is 3. The maximum atomic E-state index is 13.0. The fourth-order valence-electron chi connectivity index (χ4n) is 2.62. The molecule has 164 valence electrons. The van der Waals surface area contributed by atoms with Crippen molar-refractivity contribution >= 4 is 46.3 Å². The lowest BCUT2D eigenvalue weighted by Gasteiger charge is -2.11. The summed E-state index contributed by atoms with van der Waals surface area (Å²) in [5.41, 5.74) is -0.486. The van der Waals surface area contributed by atoms with Gasteiger partial charge in [-0.25, -0.2) is 0 Å². The molecule has 3 rings (SSSR count). The van der Waals surface area contributed by atoms with Crippen molar-refractivity contribution in [3.63, 3.8) is 0 Å². The number of ether oxygens (including phenoxy) is 1. The van der Waals surface area contributed by atoms with Gasteiger partial charge in [0.15, 0.2) is 16.6 Å². The number of rotatable bonds is 6. The maximum Gasteiger partial charge on any atom is 0.417 e. The Kier molecular flexibility index (Phi) is 6.27. The standard InChI is InChI=1S/C17H13ClF3N5O4S/c1-8-3-12(26(28)29)13(30-2)5-11(8)22-14(27)7-31-16-24-23-15-10(18)4-9(6-25(15)16)17(19,20)21/h3-6H,7H2,1-2H3,(H,22,27). The third-order valence-corrected chi connectivity index (χ3v) is 5.31. The molecule has 2 heterocycles. The highest BCUT2D eigenvalue weighted by Crippen LogP contribution is 2.34. The van der Waals surface area contributed by atoms with Crippen LogP contribution >= 0.6 is 23.4 Å². The van der Waals surface area contributed by atoms with E-state index in [0.717, 1.165) is 28.4 Å². The maximum absolute atomic E-state index is 13.0. The molecule has 9 nitrogen and oxygen atoms in total. The van der Waals surface area contributed by atoms with Crippen LogP contribution in [0.4, 0.5) is 24.5 Å². The summed E-state index contributed by atoms with van der Waals surface area (Å²) >= 11 is 6.71. The molecule has 0 spiro atoms. The fraction of sp³-hybridized carbons (Fsp3) is 0.235. The van der Waals surface area contributed by atoms with Crippen LogP contribution in [-0.2, 0) is 11.0 Å². The number of thioether (sulfide) groups is 1. The fourth-order valence-corrected chi connectivity index (χ4v) is 3.57. The lowest BCUT2D eigenvalue weighted by molar-refractivity contribution is -0.385. The predicted molar refractivity (Wildman–Crippen MR) is 107 cm³/mol. The minimum absolute atomic E-state index is 0.0218. The summed E-state index contributed by atoms with van der Waals surface area (Å²) in [6.07, 6.45) is -3.82. The summed E-state index contributed by atoms with van der Waals surface area (Å²) in [4.78, 5) is 22.8. The van der Waals surface area contributed by atoms with Crippen LogP contribution in [0.3, 0.4) is 0 Å². The van der Waals surface area contributed by atoms with Gasteiger partial charge in [0.05, 0.1) is 28.4 Å².